The number of nitrogens with zero attached hydrogens (tertiary/aromatic N) is 2. The summed E-state index contributed by atoms with van der Waals surface area (Å²) in [6.07, 6.45) is 1.56. The third kappa shape index (κ3) is 3.24. The zero-order valence-electron chi connectivity index (χ0n) is 14.2. The van der Waals surface area contributed by atoms with Gasteiger partial charge in [-0.1, -0.05) is 35.9 Å². The van der Waals surface area contributed by atoms with Gasteiger partial charge >= 0.3 is 0 Å². The molecule has 25 heavy (non-hydrogen) atoms. The molecule has 2 heterocycles. The van der Waals surface area contributed by atoms with Crippen molar-refractivity contribution in [3.05, 3.63) is 58.6 Å². The lowest BCUT2D eigenvalue weighted by Gasteiger charge is -2.32. The summed E-state index contributed by atoms with van der Waals surface area (Å²) < 4.78 is 6.14. The number of rotatable bonds is 2. The molecule has 0 aliphatic carbocycles. The number of ether oxygens (including phenoxy) is 1. The fourth-order valence-corrected chi connectivity index (χ4v) is 3.89. The molecule has 0 aromatic heterocycles. The summed E-state index contributed by atoms with van der Waals surface area (Å²) in [5, 5.41) is 0.720. The molecule has 0 spiro atoms. The van der Waals surface area contributed by atoms with E-state index in [0.717, 1.165) is 47.2 Å². The topological polar surface area (TPSA) is 32.8 Å². The van der Waals surface area contributed by atoms with Gasteiger partial charge in [-0.2, -0.15) is 0 Å². The van der Waals surface area contributed by atoms with Gasteiger partial charge < -0.3 is 9.64 Å². The van der Waals surface area contributed by atoms with Crippen molar-refractivity contribution in [3.63, 3.8) is 0 Å². The molecular formula is C20H21ClN2O2. The first-order valence-electron chi connectivity index (χ1n) is 8.63. The van der Waals surface area contributed by atoms with E-state index in [1.165, 1.54) is 0 Å². The average molecular weight is 357 g/mol. The van der Waals surface area contributed by atoms with Gasteiger partial charge in [-0.05, 0) is 24.6 Å². The van der Waals surface area contributed by atoms with Gasteiger partial charge in [-0.15, -0.1) is 0 Å². The summed E-state index contributed by atoms with van der Waals surface area (Å²) in [4.78, 5) is 16.1. The van der Waals surface area contributed by atoms with Gasteiger partial charge in [0, 0.05) is 55.3 Å². The van der Waals surface area contributed by atoms with E-state index in [4.69, 9.17) is 16.3 Å². The van der Waals surface area contributed by atoms with E-state index in [9.17, 15) is 4.79 Å². The van der Waals surface area contributed by atoms with Crippen molar-refractivity contribution in [2.24, 2.45) is 0 Å². The minimum atomic E-state index is 0.235. The number of likely N-dealkylation sites (N-methyl/N-ethyl adjacent to an activating group) is 1. The molecule has 2 aliphatic rings. The van der Waals surface area contributed by atoms with Gasteiger partial charge in [0.05, 0.1) is 0 Å². The molecule has 1 amide bonds. The van der Waals surface area contributed by atoms with E-state index in [0.29, 0.717) is 13.0 Å². The highest BCUT2D eigenvalue weighted by atomic mass is 35.5. The number of hydrogen-bond donors (Lipinski definition) is 0. The van der Waals surface area contributed by atoms with Gasteiger partial charge in [0.25, 0.3) is 0 Å². The number of benzene rings is 2. The number of fused-ring (bicyclic) bond motifs is 2. The Balaban J connectivity index is 1.68. The SMILES string of the molecule is CN1C(=O)CCC1CN1Cc2ccccc2Oc2cccc(Cl)c2C1. The molecule has 1 atom stereocenters. The van der Waals surface area contributed by atoms with Crippen LogP contribution in [-0.4, -0.2) is 35.3 Å². The largest absolute Gasteiger partial charge is 0.457 e. The Morgan fingerprint density at radius 3 is 2.72 bits per heavy atom. The molecule has 2 aromatic rings. The molecule has 4 rings (SSSR count). The van der Waals surface area contributed by atoms with Crippen LogP contribution in [0, 0.1) is 0 Å². The number of carbonyl (C=O) groups is 1. The molecule has 2 aliphatic heterocycles. The maximum atomic E-state index is 11.9. The molecule has 0 radical (unpaired) electrons. The van der Waals surface area contributed by atoms with Crippen LogP contribution in [0.4, 0.5) is 0 Å². The van der Waals surface area contributed by atoms with Crippen molar-refractivity contribution in [3.8, 4) is 11.5 Å². The first-order valence-corrected chi connectivity index (χ1v) is 9.01. The molecule has 1 fully saturated rings. The summed E-state index contributed by atoms with van der Waals surface area (Å²) >= 11 is 6.46. The second kappa shape index (κ2) is 6.70. The van der Waals surface area contributed by atoms with Crippen LogP contribution < -0.4 is 4.74 Å². The molecule has 130 valence electrons. The number of halogens is 1. The van der Waals surface area contributed by atoms with E-state index in [1.54, 1.807) is 0 Å². The van der Waals surface area contributed by atoms with E-state index in [-0.39, 0.29) is 11.9 Å². The smallest absolute Gasteiger partial charge is 0.222 e. The maximum Gasteiger partial charge on any atom is 0.222 e. The van der Waals surface area contributed by atoms with Crippen LogP contribution in [0.5, 0.6) is 11.5 Å². The molecule has 5 heteroatoms. The normalized spacial score (nSPS) is 20.5. The van der Waals surface area contributed by atoms with E-state index < -0.39 is 0 Å². The number of carbonyl (C=O) groups excluding carboxylic acids is 1. The van der Waals surface area contributed by atoms with Gasteiger partial charge in [-0.25, -0.2) is 0 Å². The lowest BCUT2D eigenvalue weighted by Crippen LogP contribution is -2.39. The molecule has 4 nitrogen and oxygen atoms in total. The minimum absolute atomic E-state index is 0.235. The predicted molar refractivity (Wildman–Crippen MR) is 97.9 cm³/mol. The van der Waals surface area contributed by atoms with E-state index in [2.05, 4.69) is 11.0 Å². The molecule has 1 unspecified atom stereocenters. The van der Waals surface area contributed by atoms with Crippen molar-refractivity contribution in [1.29, 1.82) is 0 Å². The van der Waals surface area contributed by atoms with Crippen molar-refractivity contribution < 1.29 is 9.53 Å². The average Bonchev–Trinajstić information content (AvgIpc) is 2.89. The summed E-state index contributed by atoms with van der Waals surface area (Å²) in [7, 11) is 1.90. The van der Waals surface area contributed by atoms with E-state index >= 15 is 0 Å². The van der Waals surface area contributed by atoms with Gasteiger partial charge in [0.2, 0.25) is 5.91 Å². The number of hydrogen-bond acceptors (Lipinski definition) is 3. The minimum Gasteiger partial charge on any atom is -0.457 e. The van der Waals surface area contributed by atoms with Crippen LogP contribution in [0.2, 0.25) is 5.02 Å². The van der Waals surface area contributed by atoms with Gasteiger partial charge in [-0.3, -0.25) is 9.69 Å². The Kier molecular flexibility index (Phi) is 4.40. The first kappa shape index (κ1) is 16.4. The maximum absolute atomic E-state index is 11.9. The lowest BCUT2D eigenvalue weighted by atomic mass is 10.1. The van der Waals surface area contributed by atoms with Gasteiger partial charge in [0.15, 0.2) is 0 Å². The molecule has 0 N–H and O–H groups in total. The zero-order chi connectivity index (χ0) is 17.4. The van der Waals surface area contributed by atoms with Crippen LogP contribution >= 0.6 is 11.6 Å². The Morgan fingerprint density at radius 1 is 1.12 bits per heavy atom. The zero-order valence-corrected chi connectivity index (χ0v) is 15.0. The first-order chi connectivity index (χ1) is 12.1. The van der Waals surface area contributed by atoms with Crippen molar-refractivity contribution >= 4 is 17.5 Å². The Labute approximate surface area is 152 Å². The number of amides is 1. The van der Waals surface area contributed by atoms with Crippen LogP contribution in [0.3, 0.4) is 0 Å². The quantitative estimate of drug-likeness (QED) is 0.813. The van der Waals surface area contributed by atoms with E-state index in [1.807, 2.05) is 48.3 Å². The third-order valence-electron chi connectivity index (χ3n) is 5.15. The number of likely N-dealkylation sites (tertiary alicyclic amines) is 1. The third-order valence-corrected chi connectivity index (χ3v) is 5.50. The molecular weight excluding hydrogens is 336 g/mol. The monoisotopic (exact) mass is 356 g/mol. The Morgan fingerprint density at radius 2 is 1.92 bits per heavy atom. The summed E-state index contributed by atoms with van der Waals surface area (Å²) in [6, 6.07) is 14.2. The Hall–Kier alpha value is -2.04. The lowest BCUT2D eigenvalue weighted by molar-refractivity contribution is -0.127. The van der Waals surface area contributed by atoms with Gasteiger partial charge in [0.1, 0.15) is 11.5 Å². The van der Waals surface area contributed by atoms with Crippen LogP contribution in [0.15, 0.2) is 42.5 Å². The summed E-state index contributed by atoms with van der Waals surface area (Å²) in [6.45, 7) is 2.32. The molecule has 0 saturated carbocycles. The fraction of sp³-hybridized carbons (Fsp3) is 0.350. The Bertz CT molecular complexity index is 808. The van der Waals surface area contributed by atoms with Crippen molar-refractivity contribution in [1.82, 2.24) is 9.80 Å². The standard InChI is InChI=1S/C20H21ClN2O2/c1-22-15(9-10-20(22)24)12-23-11-14-5-2-3-7-18(14)25-19-8-4-6-17(21)16(19)13-23/h2-8,15H,9-13H2,1H3. The predicted octanol–water partition coefficient (Wildman–Crippen LogP) is 4.07. The number of para-hydroxylation sites is 1. The second-order valence-corrected chi connectivity index (χ2v) is 7.20. The molecule has 0 bridgehead atoms. The summed E-state index contributed by atoms with van der Waals surface area (Å²) in [5.41, 5.74) is 2.16. The second-order valence-electron chi connectivity index (χ2n) is 6.79. The molecule has 2 aromatic carbocycles. The molecule has 1 saturated heterocycles. The van der Waals surface area contributed by atoms with Crippen LogP contribution in [-0.2, 0) is 17.9 Å². The highest BCUT2D eigenvalue weighted by molar-refractivity contribution is 6.31. The highest BCUT2D eigenvalue weighted by Gasteiger charge is 2.30. The summed E-state index contributed by atoms with van der Waals surface area (Å²) in [5.74, 6) is 1.91. The highest BCUT2D eigenvalue weighted by Crippen LogP contribution is 2.36. The van der Waals surface area contributed by atoms with Crippen molar-refractivity contribution in [2.45, 2.75) is 32.0 Å². The van der Waals surface area contributed by atoms with Crippen LogP contribution in [0.1, 0.15) is 24.0 Å². The van der Waals surface area contributed by atoms with Crippen molar-refractivity contribution in [2.75, 3.05) is 13.6 Å². The van der Waals surface area contributed by atoms with Crippen LogP contribution in [0.25, 0.3) is 0 Å². The fourth-order valence-electron chi connectivity index (χ4n) is 3.67.